The Hall–Kier alpha value is -2.94. The number of hydrogen-bond donors (Lipinski definition) is 0. The third kappa shape index (κ3) is 2.27. The summed E-state index contributed by atoms with van der Waals surface area (Å²) in [5.74, 6) is 1.15. The molecular formula is C23H21N3. The van der Waals surface area contributed by atoms with E-state index in [1.165, 1.54) is 11.1 Å². The minimum atomic E-state index is -0.0470. The Morgan fingerprint density at radius 2 is 1.46 bits per heavy atom. The number of hydrogen-bond acceptors (Lipinski definition) is 2. The van der Waals surface area contributed by atoms with Crippen molar-refractivity contribution in [3.8, 4) is 0 Å². The van der Waals surface area contributed by atoms with E-state index in [0.29, 0.717) is 0 Å². The van der Waals surface area contributed by atoms with Crippen molar-refractivity contribution in [1.82, 2.24) is 14.5 Å². The molecule has 0 spiro atoms. The number of benzene rings is 2. The van der Waals surface area contributed by atoms with Crippen molar-refractivity contribution in [2.24, 2.45) is 0 Å². The number of aryl methyl sites for hydroxylation is 2. The largest absolute Gasteiger partial charge is 0.311 e. The highest BCUT2D eigenvalue weighted by molar-refractivity contribution is 5.72. The smallest absolute Gasteiger partial charge is 0.160 e. The lowest BCUT2D eigenvalue weighted by Crippen LogP contribution is -2.38. The predicted octanol–water partition coefficient (Wildman–Crippen LogP) is 4.67. The molecule has 3 heterocycles. The molecule has 0 atom stereocenters. The quantitative estimate of drug-likeness (QED) is 0.531. The zero-order valence-electron chi connectivity index (χ0n) is 14.9. The molecule has 0 amide bonds. The van der Waals surface area contributed by atoms with Crippen LogP contribution in [0.3, 0.4) is 0 Å². The van der Waals surface area contributed by atoms with Gasteiger partial charge >= 0.3 is 0 Å². The fourth-order valence-electron chi connectivity index (χ4n) is 4.33. The molecule has 0 radical (unpaired) electrons. The van der Waals surface area contributed by atoms with Gasteiger partial charge in [-0.15, -0.1) is 0 Å². The molecule has 0 N–H and O–H groups in total. The molecule has 2 aromatic heterocycles. The van der Waals surface area contributed by atoms with Crippen LogP contribution in [0, 0.1) is 6.92 Å². The lowest BCUT2D eigenvalue weighted by Gasteiger charge is -2.39. The summed E-state index contributed by atoms with van der Waals surface area (Å²) in [6.07, 6.45) is 2.02. The highest BCUT2D eigenvalue weighted by atomic mass is 15.1. The van der Waals surface area contributed by atoms with Crippen molar-refractivity contribution in [3.05, 3.63) is 95.4 Å². The Balaban J connectivity index is 1.73. The van der Waals surface area contributed by atoms with Gasteiger partial charge < -0.3 is 4.57 Å². The van der Waals surface area contributed by atoms with Gasteiger partial charge in [0.25, 0.3) is 0 Å². The first kappa shape index (κ1) is 15.3. The molecule has 0 aliphatic carbocycles. The van der Waals surface area contributed by atoms with Crippen LogP contribution in [0.25, 0.3) is 11.2 Å². The monoisotopic (exact) mass is 339 g/mol. The summed E-state index contributed by atoms with van der Waals surface area (Å²) in [6, 6.07) is 25.9. The number of rotatable bonds is 2. The van der Waals surface area contributed by atoms with E-state index in [9.17, 15) is 0 Å². The topological polar surface area (TPSA) is 30.7 Å². The molecule has 1 aliphatic heterocycles. The highest BCUT2D eigenvalue weighted by Gasteiger charge is 2.39. The van der Waals surface area contributed by atoms with E-state index in [-0.39, 0.29) is 5.41 Å². The third-order valence-corrected chi connectivity index (χ3v) is 5.67. The van der Waals surface area contributed by atoms with Crippen LogP contribution in [0.4, 0.5) is 0 Å². The van der Waals surface area contributed by atoms with Gasteiger partial charge in [0.05, 0.1) is 0 Å². The second-order valence-electron chi connectivity index (χ2n) is 7.22. The van der Waals surface area contributed by atoms with Crippen LogP contribution in [0.2, 0.25) is 0 Å². The van der Waals surface area contributed by atoms with Crippen LogP contribution in [-0.4, -0.2) is 14.5 Å². The maximum atomic E-state index is 4.85. The number of imidazole rings is 1. The van der Waals surface area contributed by atoms with Crippen molar-refractivity contribution in [2.45, 2.75) is 31.7 Å². The summed E-state index contributed by atoms with van der Waals surface area (Å²) in [7, 11) is 0. The molecule has 1 aliphatic rings. The van der Waals surface area contributed by atoms with E-state index in [2.05, 4.69) is 71.3 Å². The van der Waals surface area contributed by atoms with Crippen molar-refractivity contribution in [1.29, 1.82) is 0 Å². The molecule has 0 saturated carbocycles. The van der Waals surface area contributed by atoms with Crippen LogP contribution in [0.5, 0.6) is 0 Å². The molecule has 5 rings (SSSR count). The first-order chi connectivity index (χ1) is 12.8. The predicted molar refractivity (Wildman–Crippen MR) is 104 cm³/mol. The minimum absolute atomic E-state index is 0.0470. The number of pyridine rings is 1. The van der Waals surface area contributed by atoms with E-state index >= 15 is 0 Å². The lowest BCUT2D eigenvalue weighted by atomic mass is 9.70. The van der Waals surface area contributed by atoms with E-state index in [1.54, 1.807) is 0 Å². The maximum Gasteiger partial charge on any atom is 0.160 e. The Kier molecular flexibility index (Phi) is 3.42. The van der Waals surface area contributed by atoms with Crippen LogP contribution >= 0.6 is 0 Å². The van der Waals surface area contributed by atoms with E-state index in [4.69, 9.17) is 9.97 Å². The number of fused-ring (bicyclic) bond motifs is 3. The van der Waals surface area contributed by atoms with Crippen molar-refractivity contribution in [2.75, 3.05) is 0 Å². The lowest BCUT2D eigenvalue weighted by molar-refractivity contribution is 0.357. The van der Waals surface area contributed by atoms with Gasteiger partial charge in [-0.3, -0.25) is 0 Å². The highest BCUT2D eigenvalue weighted by Crippen LogP contribution is 2.42. The van der Waals surface area contributed by atoms with Crippen molar-refractivity contribution in [3.63, 3.8) is 0 Å². The summed E-state index contributed by atoms with van der Waals surface area (Å²) in [4.78, 5) is 9.65. The third-order valence-electron chi connectivity index (χ3n) is 5.67. The van der Waals surface area contributed by atoms with Gasteiger partial charge in [-0.05, 0) is 36.6 Å². The molecule has 0 unspecified atom stereocenters. The van der Waals surface area contributed by atoms with E-state index in [1.807, 2.05) is 13.0 Å². The van der Waals surface area contributed by atoms with Crippen molar-refractivity contribution >= 4 is 11.2 Å². The zero-order valence-corrected chi connectivity index (χ0v) is 14.9. The van der Waals surface area contributed by atoms with Gasteiger partial charge in [0.15, 0.2) is 5.65 Å². The fourth-order valence-corrected chi connectivity index (χ4v) is 4.33. The van der Waals surface area contributed by atoms with Crippen LogP contribution in [0.1, 0.15) is 29.1 Å². The average Bonchev–Trinajstić information content (AvgIpc) is 3.06. The summed E-state index contributed by atoms with van der Waals surface area (Å²) in [6.45, 7) is 2.92. The Morgan fingerprint density at radius 3 is 2.12 bits per heavy atom. The Labute approximate surface area is 153 Å². The normalized spacial score (nSPS) is 15.7. The maximum absolute atomic E-state index is 4.85. The fraction of sp³-hybridized carbons (Fsp3) is 0.217. The van der Waals surface area contributed by atoms with Crippen LogP contribution < -0.4 is 0 Å². The molecule has 3 nitrogen and oxygen atoms in total. The molecule has 2 aromatic carbocycles. The molecule has 26 heavy (non-hydrogen) atoms. The van der Waals surface area contributed by atoms with E-state index in [0.717, 1.165) is 42.1 Å². The SMILES string of the molecule is Cc1ccc2nc3n(c2n1)CC(c1ccccc1)(c1ccccc1)CC3. The second-order valence-corrected chi connectivity index (χ2v) is 7.22. The molecule has 0 bridgehead atoms. The van der Waals surface area contributed by atoms with Gasteiger partial charge in [0, 0.05) is 24.1 Å². The first-order valence-electron chi connectivity index (χ1n) is 9.20. The molecule has 3 heteroatoms. The van der Waals surface area contributed by atoms with Gasteiger partial charge in [-0.1, -0.05) is 60.7 Å². The second kappa shape index (κ2) is 5.80. The van der Waals surface area contributed by atoms with Crippen LogP contribution in [-0.2, 0) is 18.4 Å². The Bertz CT molecular complexity index is 1030. The average molecular weight is 339 g/mol. The summed E-state index contributed by atoms with van der Waals surface area (Å²) >= 11 is 0. The number of aromatic nitrogens is 3. The first-order valence-corrected chi connectivity index (χ1v) is 9.20. The zero-order chi connectivity index (χ0) is 17.6. The number of nitrogens with zero attached hydrogens (tertiary/aromatic N) is 3. The minimum Gasteiger partial charge on any atom is -0.311 e. The van der Waals surface area contributed by atoms with Gasteiger partial charge in [-0.25, -0.2) is 9.97 Å². The standard InChI is InChI=1S/C23H21N3/c1-17-12-13-20-22(24-17)26-16-23(15-14-21(26)25-20,18-8-4-2-5-9-18)19-10-6-3-7-11-19/h2-13H,14-16H2,1H3. The van der Waals surface area contributed by atoms with Crippen LogP contribution in [0.15, 0.2) is 72.8 Å². The molecule has 128 valence electrons. The molecule has 0 saturated heterocycles. The summed E-state index contributed by atoms with van der Waals surface area (Å²) in [5.41, 5.74) is 5.74. The molecule has 0 fully saturated rings. The Morgan fingerprint density at radius 1 is 0.808 bits per heavy atom. The molecular weight excluding hydrogens is 318 g/mol. The van der Waals surface area contributed by atoms with Crippen molar-refractivity contribution < 1.29 is 0 Å². The van der Waals surface area contributed by atoms with Gasteiger partial charge in [0.1, 0.15) is 11.3 Å². The van der Waals surface area contributed by atoms with Gasteiger partial charge in [0.2, 0.25) is 0 Å². The summed E-state index contributed by atoms with van der Waals surface area (Å²) < 4.78 is 2.34. The van der Waals surface area contributed by atoms with Gasteiger partial charge in [-0.2, -0.15) is 0 Å². The molecule has 4 aromatic rings. The summed E-state index contributed by atoms with van der Waals surface area (Å²) in [5, 5.41) is 0. The van der Waals surface area contributed by atoms with E-state index < -0.39 is 0 Å².